The third-order valence-electron chi connectivity index (χ3n) is 4.21. The van der Waals surface area contributed by atoms with Gasteiger partial charge in [-0.1, -0.05) is 29.4 Å². The Labute approximate surface area is 155 Å². The number of hydrogen-bond acceptors (Lipinski definition) is 7. The first-order valence-corrected chi connectivity index (χ1v) is 8.25. The highest BCUT2D eigenvalue weighted by Gasteiger charge is 2.24. The summed E-state index contributed by atoms with van der Waals surface area (Å²) in [6, 6.07) is 7.63. The summed E-state index contributed by atoms with van der Waals surface area (Å²) < 4.78 is 15.1. The van der Waals surface area contributed by atoms with Crippen molar-refractivity contribution in [1.82, 2.24) is 15.1 Å². The van der Waals surface area contributed by atoms with E-state index >= 15 is 0 Å². The molecule has 0 unspecified atom stereocenters. The van der Waals surface area contributed by atoms with Crippen LogP contribution < -0.4 is 0 Å². The molecular formula is C19H19N3O5. The van der Waals surface area contributed by atoms with E-state index in [1.54, 1.807) is 13.8 Å². The minimum Gasteiger partial charge on any atom is -0.465 e. The van der Waals surface area contributed by atoms with E-state index in [9.17, 15) is 9.59 Å². The van der Waals surface area contributed by atoms with Crippen molar-refractivity contribution in [3.05, 3.63) is 58.2 Å². The minimum atomic E-state index is -0.624. The molecular weight excluding hydrogens is 350 g/mol. The molecule has 0 bridgehead atoms. The zero-order valence-electron chi connectivity index (χ0n) is 15.5. The molecule has 8 nitrogen and oxygen atoms in total. The second kappa shape index (κ2) is 7.45. The summed E-state index contributed by atoms with van der Waals surface area (Å²) in [6.07, 6.45) is 0. The second-order valence-electron chi connectivity index (χ2n) is 6.02. The second-order valence-corrected chi connectivity index (χ2v) is 6.02. The summed E-state index contributed by atoms with van der Waals surface area (Å²) in [7, 11) is 1.29. The molecule has 2 aromatic heterocycles. The van der Waals surface area contributed by atoms with Crippen LogP contribution in [0.4, 0.5) is 0 Å². The highest BCUT2D eigenvalue weighted by atomic mass is 16.6. The van der Waals surface area contributed by atoms with Crippen molar-refractivity contribution in [3.8, 4) is 11.4 Å². The smallest absolute Gasteiger partial charge is 0.355 e. The first-order valence-electron chi connectivity index (χ1n) is 8.25. The molecule has 3 aromatic rings. The van der Waals surface area contributed by atoms with Gasteiger partial charge in [-0.15, -0.1) is 0 Å². The zero-order valence-corrected chi connectivity index (χ0v) is 15.5. The third-order valence-corrected chi connectivity index (χ3v) is 4.21. The van der Waals surface area contributed by atoms with Gasteiger partial charge < -0.3 is 19.0 Å². The SMILES string of the molecule is COC(=O)c1c(C)[nH]c(C(=O)OCc2nc(-c3ccccc3C)no2)c1C. The lowest BCUT2D eigenvalue weighted by Gasteiger charge is -2.02. The van der Waals surface area contributed by atoms with Gasteiger partial charge in [-0.3, -0.25) is 0 Å². The largest absolute Gasteiger partial charge is 0.465 e. The van der Waals surface area contributed by atoms with Crippen molar-refractivity contribution in [2.24, 2.45) is 0 Å². The van der Waals surface area contributed by atoms with Crippen LogP contribution in [0.1, 0.15) is 43.6 Å². The molecule has 1 aromatic carbocycles. The number of benzene rings is 1. The molecule has 140 valence electrons. The monoisotopic (exact) mass is 369 g/mol. The van der Waals surface area contributed by atoms with Crippen molar-refractivity contribution >= 4 is 11.9 Å². The summed E-state index contributed by atoms with van der Waals surface area (Å²) in [5.74, 6) is -0.531. The Kier molecular flexibility index (Phi) is 5.07. The van der Waals surface area contributed by atoms with Gasteiger partial charge in [-0.05, 0) is 31.9 Å². The fourth-order valence-electron chi connectivity index (χ4n) is 2.81. The molecule has 2 heterocycles. The quantitative estimate of drug-likeness (QED) is 0.688. The average Bonchev–Trinajstić information content (AvgIpc) is 3.24. The fourth-order valence-corrected chi connectivity index (χ4v) is 2.81. The number of aryl methyl sites for hydroxylation is 2. The molecule has 0 saturated carbocycles. The highest BCUT2D eigenvalue weighted by Crippen LogP contribution is 2.21. The predicted molar refractivity (Wildman–Crippen MR) is 95.2 cm³/mol. The number of methoxy groups -OCH3 is 1. The van der Waals surface area contributed by atoms with E-state index in [0.717, 1.165) is 11.1 Å². The van der Waals surface area contributed by atoms with E-state index in [0.29, 0.717) is 22.6 Å². The van der Waals surface area contributed by atoms with Gasteiger partial charge in [-0.25, -0.2) is 9.59 Å². The normalized spacial score (nSPS) is 10.7. The first-order chi connectivity index (χ1) is 12.9. The maximum Gasteiger partial charge on any atom is 0.355 e. The van der Waals surface area contributed by atoms with Crippen molar-refractivity contribution in [2.75, 3.05) is 7.11 Å². The van der Waals surface area contributed by atoms with Crippen LogP contribution in [0.25, 0.3) is 11.4 Å². The third kappa shape index (κ3) is 3.59. The Morgan fingerprint density at radius 1 is 1.15 bits per heavy atom. The first kappa shape index (κ1) is 18.4. The summed E-state index contributed by atoms with van der Waals surface area (Å²) in [4.78, 5) is 31.3. The lowest BCUT2D eigenvalue weighted by Crippen LogP contribution is -2.08. The number of aromatic nitrogens is 3. The Hall–Kier alpha value is -3.42. The number of rotatable bonds is 5. The van der Waals surface area contributed by atoms with Crippen molar-refractivity contribution in [2.45, 2.75) is 27.4 Å². The predicted octanol–water partition coefficient (Wildman–Crippen LogP) is 3.13. The summed E-state index contributed by atoms with van der Waals surface area (Å²) in [5.41, 5.74) is 3.36. The molecule has 1 N–H and O–H groups in total. The van der Waals surface area contributed by atoms with E-state index in [-0.39, 0.29) is 18.2 Å². The standard InChI is InChI=1S/C19H19N3O5/c1-10-7-5-6-8-13(10)17-21-14(27-22-17)9-26-19(24)16-11(2)15(12(3)20-16)18(23)25-4/h5-8,20H,9H2,1-4H3. The molecule has 0 radical (unpaired) electrons. The minimum absolute atomic E-state index is 0.177. The molecule has 3 rings (SSSR count). The Bertz CT molecular complexity index is 1000. The van der Waals surface area contributed by atoms with Gasteiger partial charge in [0, 0.05) is 11.3 Å². The number of nitrogens with zero attached hydrogens (tertiary/aromatic N) is 2. The van der Waals surface area contributed by atoms with E-state index in [2.05, 4.69) is 15.1 Å². The molecule has 0 saturated heterocycles. The van der Waals surface area contributed by atoms with Crippen LogP contribution in [-0.4, -0.2) is 34.2 Å². The number of aromatic amines is 1. The van der Waals surface area contributed by atoms with Gasteiger partial charge >= 0.3 is 11.9 Å². The van der Waals surface area contributed by atoms with Gasteiger partial charge in [0.1, 0.15) is 5.69 Å². The van der Waals surface area contributed by atoms with Crippen molar-refractivity contribution in [3.63, 3.8) is 0 Å². The summed E-state index contributed by atoms with van der Waals surface area (Å²) in [5, 5.41) is 3.92. The van der Waals surface area contributed by atoms with Crippen LogP contribution in [0, 0.1) is 20.8 Å². The Morgan fingerprint density at radius 3 is 2.59 bits per heavy atom. The van der Waals surface area contributed by atoms with E-state index in [4.69, 9.17) is 14.0 Å². The fraction of sp³-hybridized carbons (Fsp3) is 0.263. The summed E-state index contributed by atoms with van der Waals surface area (Å²) in [6.45, 7) is 5.10. The van der Waals surface area contributed by atoms with Crippen LogP contribution in [0.5, 0.6) is 0 Å². The van der Waals surface area contributed by atoms with Crippen LogP contribution in [0.15, 0.2) is 28.8 Å². The number of carbonyl (C=O) groups excluding carboxylic acids is 2. The topological polar surface area (TPSA) is 107 Å². The average molecular weight is 369 g/mol. The lowest BCUT2D eigenvalue weighted by atomic mass is 10.1. The maximum atomic E-state index is 12.4. The molecule has 8 heteroatoms. The molecule has 0 aliphatic heterocycles. The maximum absolute atomic E-state index is 12.4. The van der Waals surface area contributed by atoms with Crippen LogP contribution in [0.2, 0.25) is 0 Å². The van der Waals surface area contributed by atoms with E-state index in [1.807, 2.05) is 31.2 Å². The zero-order chi connectivity index (χ0) is 19.6. The molecule has 0 aliphatic rings. The highest BCUT2D eigenvalue weighted by molar-refractivity contribution is 5.98. The molecule has 0 fully saturated rings. The Balaban J connectivity index is 1.72. The molecule has 27 heavy (non-hydrogen) atoms. The molecule has 0 spiro atoms. The molecule has 0 amide bonds. The number of hydrogen-bond donors (Lipinski definition) is 1. The van der Waals surface area contributed by atoms with Crippen LogP contribution >= 0.6 is 0 Å². The lowest BCUT2D eigenvalue weighted by molar-refractivity contribution is 0.0422. The van der Waals surface area contributed by atoms with Gasteiger partial charge in [0.15, 0.2) is 6.61 Å². The number of nitrogens with one attached hydrogen (secondary N) is 1. The van der Waals surface area contributed by atoms with Crippen LogP contribution in [-0.2, 0) is 16.1 Å². The number of ether oxygens (including phenoxy) is 2. The molecule has 0 atom stereocenters. The summed E-state index contributed by atoms with van der Waals surface area (Å²) >= 11 is 0. The van der Waals surface area contributed by atoms with Crippen molar-refractivity contribution < 1.29 is 23.6 Å². The number of esters is 2. The number of carbonyl (C=O) groups is 2. The molecule has 0 aliphatic carbocycles. The van der Waals surface area contributed by atoms with E-state index in [1.165, 1.54) is 7.11 Å². The Morgan fingerprint density at radius 2 is 1.89 bits per heavy atom. The van der Waals surface area contributed by atoms with Gasteiger partial charge in [0.05, 0.1) is 12.7 Å². The van der Waals surface area contributed by atoms with Gasteiger partial charge in [0.2, 0.25) is 5.82 Å². The van der Waals surface area contributed by atoms with Crippen LogP contribution in [0.3, 0.4) is 0 Å². The number of H-pyrrole nitrogens is 1. The van der Waals surface area contributed by atoms with Gasteiger partial charge in [-0.2, -0.15) is 4.98 Å². The van der Waals surface area contributed by atoms with E-state index < -0.39 is 11.9 Å². The van der Waals surface area contributed by atoms with Gasteiger partial charge in [0.25, 0.3) is 5.89 Å². The van der Waals surface area contributed by atoms with Crippen molar-refractivity contribution in [1.29, 1.82) is 0 Å².